The van der Waals surface area contributed by atoms with E-state index in [1.165, 1.54) is 12.7 Å². The van der Waals surface area contributed by atoms with E-state index < -0.39 is 17.1 Å². The number of carbonyl (C=O) groups is 3. The fourth-order valence-corrected chi connectivity index (χ4v) is 3.68. The Hall–Kier alpha value is -3.10. The molecule has 1 aliphatic heterocycles. The lowest BCUT2D eigenvalue weighted by atomic mass is 10.1. The Morgan fingerprint density at radius 1 is 1.13 bits per heavy atom. The summed E-state index contributed by atoms with van der Waals surface area (Å²) in [4.78, 5) is 38.1. The van der Waals surface area contributed by atoms with Gasteiger partial charge in [0.25, 0.3) is 11.1 Å². The zero-order valence-electron chi connectivity index (χ0n) is 17.4. The molecular weight excluding hydrogens is 416 g/mol. The topological polar surface area (TPSA) is 84.9 Å². The SMILES string of the molecule is COCCNC(=O)CN1C(=O)S/C(=C\c2ccccc2OCc2ccc(C)cc2)C1=O. The van der Waals surface area contributed by atoms with Crippen molar-refractivity contribution < 1.29 is 23.9 Å². The highest BCUT2D eigenvalue weighted by Crippen LogP contribution is 2.34. The van der Waals surface area contributed by atoms with Crippen molar-refractivity contribution in [3.8, 4) is 5.75 Å². The third-order valence-corrected chi connectivity index (χ3v) is 5.43. The zero-order chi connectivity index (χ0) is 22.2. The first-order chi connectivity index (χ1) is 15.0. The Kier molecular flexibility index (Phi) is 7.86. The number of rotatable bonds is 9. The number of hydrogen-bond acceptors (Lipinski definition) is 6. The normalized spacial score (nSPS) is 14.9. The van der Waals surface area contributed by atoms with E-state index in [9.17, 15) is 14.4 Å². The quantitative estimate of drug-likeness (QED) is 0.475. The van der Waals surface area contributed by atoms with Crippen LogP contribution in [0, 0.1) is 6.92 Å². The number of carbonyl (C=O) groups excluding carboxylic acids is 3. The van der Waals surface area contributed by atoms with Crippen LogP contribution in [-0.4, -0.2) is 48.8 Å². The van der Waals surface area contributed by atoms with Gasteiger partial charge in [-0.3, -0.25) is 19.3 Å². The molecule has 0 bridgehead atoms. The number of nitrogens with zero attached hydrogens (tertiary/aromatic N) is 1. The molecule has 2 aromatic rings. The number of benzene rings is 2. The van der Waals surface area contributed by atoms with E-state index in [-0.39, 0.29) is 11.4 Å². The number of thioether (sulfide) groups is 1. The van der Waals surface area contributed by atoms with E-state index in [4.69, 9.17) is 9.47 Å². The summed E-state index contributed by atoms with van der Waals surface area (Å²) in [6, 6.07) is 15.3. The molecule has 0 radical (unpaired) electrons. The maximum Gasteiger partial charge on any atom is 0.294 e. The van der Waals surface area contributed by atoms with Crippen molar-refractivity contribution in [3.63, 3.8) is 0 Å². The smallest absolute Gasteiger partial charge is 0.294 e. The number of hydrogen-bond donors (Lipinski definition) is 1. The molecule has 1 N–H and O–H groups in total. The van der Waals surface area contributed by atoms with Gasteiger partial charge in [0.2, 0.25) is 5.91 Å². The van der Waals surface area contributed by atoms with Gasteiger partial charge in [0.15, 0.2) is 0 Å². The maximum atomic E-state index is 12.7. The Bertz CT molecular complexity index is 988. The maximum absolute atomic E-state index is 12.7. The average Bonchev–Trinajstić information content (AvgIpc) is 3.02. The lowest BCUT2D eigenvalue weighted by Crippen LogP contribution is -2.40. The molecular formula is C23H24N2O5S. The molecule has 8 heteroatoms. The number of para-hydroxylation sites is 1. The Morgan fingerprint density at radius 3 is 2.61 bits per heavy atom. The summed E-state index contributed by atoms with van der Waals surface area (Å²) in [5.74, 6) is -0.306. The molecule has 2 aromatic carbocycles. The highest BCUT2D eigenvalue weighted by molar-refractivity contribution is 8.18. The lowest BCUT2D eigenvalue weighted by Gasteiger charge is -2.12. The van der Waals surface area contributed by atoms with Crippen molar-refractivity contribution in [3.05, 3.63) is 70.1 Å². The minimum atomic E-state index is -0.495. The molecule has 0 atom stereocenters. The van der Waals surface area contributed by atoms with Gasteiger partial charge >= 0.3 is 0 Å². The van der Waals surface area contributed by atoms with Gasteiger partial charge in [-0.05, 0) is 36.4 Å². The molecule has 0 saturated carbocycles. The van der Waals surface area contributed by atoms with Gasteiger partial charge in [0.05, 0.1) is 11.5 Å². The van der Waals surface area contributed by atoms with Crippen LogP contribution in [0.25, 0.3) is 6.08 Å². The first-order valence-electron chi connectivity index (χ1n) is 9.76. The minimum Gasteiger partial charge on any atom is -0.488 e. The highest BCUT2D eigenvalue weighted by Gasteiger charge is 2.36. The minimum absolute atomic E-state index is 0.251. The summed E-state index contributed by atoms with van der Waals surface area (Å²) in [5.41, 5.74) is 2.89. The van der Waals surface area contributed by atoms with Crippen molar-refractivity contribution >= 4 is 34.9 Å². The molecule has 162 valence electrons. The number of amides is 3. The molecule has 0 aliphatic carbocycles. The predicted octanol–water partition coefficient (Wildman–Crippen LogP) is 3.37. The number of aryl methyl sites for hydroxylation is 1. The van der Waals surface area contributed by atoms with Crippen LogP contribution < -0.4 is 10.1 Å². The molecule has 1 fully saturated rings. The monoisotopic (exact) mass is 440 g/mol. The van der Waals surface area contributed by atoms with Crippen molar-refractivity contribution in [2.75, 3.05) is 26.8 Å². The molecule has 3 amide bonds. The summed E-state index contributed by atoms with van der Waals surface area (Å²) < 4.78 is 10.8. The van der Waals surface area contributed by atoms with Gasteiger partial charge < -0.3 is 14.8 Å². The summed E-state index contributed by atoms with van der Waals surface area (Å²) in [6.07, 6.45) is 1.62. The summed E-state index contributed by atoms with van der Waals surface area (Å²) in [7, 11) is 1.52. The molecule has 0 unspecified atom stereocenters. The standard InChI is InChI=1S/C23H24N2O5S/c1-16-7-9-17(10-8-16)15-30-19-6-4-3-5-18(19)13-20-22(27)25(23(28)31-20)14-21(26)24-11-12-29-2/h3-10,13H,11-12,14-15H2,1-2H3,(H,24,26)/b20-13-. The van der Waals surface area contributed by atoms with Gasteiger partial charge in [0, 0.05) is 19.2 Å². The number of nitrogens with one attached hydrogen (secondary N) is 1. The number of imide groups is 1. The highest BCUT2D eigenvalue weighted by atomic mass is 32.2. The Balaban J connectivity index is 1.68. The van der Waals surface area contributed by atoms with E-state index in [1.54, 1.807) is 6.08 Å². The number of methoxy groups -OCH3 is 1. The Morgan fingerprint density at radius 2 is 1.87 bits per heavy atom. The van der Waals surface area contributed by atoms with Gasteiger partial charge in [-0.1, -0.05) is 48.0 Å². The lowest BCUT2D eigenvalue weighted by molar-refractivity contribution is -0.129. The van der Waals surface area contributed by atoms with E-state index in [0.717, 1.165) is 22.2 Å². The molecule has 7 nitrogen and oxygen atoms in total. The molecule has 31 heavy (non-hydrogen) atoms. The first kappa shape index (κ1) is 22.6. The zero-order valence-corrected chi connectivity index (χ0v) is 18.2. The van der Waals surface area contributed by atoms with Crippen LogP contribution in [0.5, 0.6) is 5.75 Å². The largest absolute Gasteiger partial charge is 0.488 e. The summed E-state index contributed by atoms with van der Waals surface area (Å²) >= 11 is 0.810. The van der Waals surface area contributed by atoms with Gasteiger partial charge in [-0.25, -0.2) is 0 Å². The predicted molar refractivity (Wildman–Crippen MR) is 120 cm³/mol. The third kappa shape index (κ3) is 6.19. The van der Waals surface area contributed by atoms with E-state index in [2.05, 4.69) is 5.32 Å². The van der Waals surface area contributed by atoms with Gasteiger partial charge in [0.1, 0.15) is 18.9 Å². The Labute approximate surface area is 185 Å². The fraction of sp³-hybridized carbons (Fsp3) is 0.261. The van der Waals surface area contributed by atoms with Crippen LogP contribution in [0.1, 0.15) is 16.7 Å². The van der Waals surface area contributed by atoms with Gasteiger partial charge in [-0.2, -0.15) is 0 Å². The van der Waals surface area contributed by atoms with Crippen LogP contribution >= 0.6 is 11.8 Å². The molecule has 0 aromatic heterocycles. The number of ether oxygens (including phenoxy) is 2. The third-order valence-electron chi connectivity index (χ3n) is 4.52. The second-order valence-electron chi connectivity index (χ2n) is 6.92. The van der Waals surface area contributed by atoms with Crippen molar-refractivity contribution in [1.29, 1.82) is 0 Å². The van der Waals surface area contributed by atoms with Crippen molar-refractivity contribution in [1.82, 2.24) is 10.2 Å². The van der Waals surface area contributed by atoms with E-state index >= 15 is 0 Å². The first-order valence-corrected chi connectivity index (χ1v) is 10.6. The van der Waals surface area contributed by atoms with E-state index in [1.807, 2.05) is 55.5 Å². The van der Waals surface area contributed by atoms with Crippen LogP contribution in [0.3, 0.4) is 0 Å². The van der Waals surface area contributed by atoms with Crippen LogP contribution in [-0.2, 0) is 20.9 Å². The summed E-state index contributed by atoms with van der Waals surface area (Å²) in [5, 5.41) is 2.13. The molecule has 1 aliphatic rings. The van der Waals surface area contributed by atoms with Crippen molar-refractivity contribution in [2.45, 2.75) is 13.5 Å². The molecule has 3 rings (SSSR count). The fourth-order valence-electron chi connectivity index (χ4n) is 2.85. The molecule has 1 heterocycles. The van der Waals surface area contributed by atoms with Crippen molar-refractivity contribution in [2.24, 2.45) is 0 Å². The van der Waals surface area contributed by atoms with Gasteiger partial charge in [-0.15, -0.1) is 0 Å². The van der Waals surface area contributed by atoms with E-state index in [0.29, 0.717) is 31.1 Å². The van der Waals surface area contributed by atoms with Crippen LogP contribution in [0.2, 0.25) is 0 Å². The van der Waals surface area contributed by atoms with Crippen LogP contribution in [0.4, 0.5) is 4.79 Å². The second kappa shape index (κ2) is 10.8. The average molecular weight is 441 g/mol. The molecule has 1 saturated heterocycles. The second-order valence-corrected chi connectivity index (χ2v) is 7.92. The molecule has 0 spiro atoms. The summed E-state index contributed by atoms with van der Waals surface area (Å²) in [6.45, 7) is 2.75. The van der Waals surface area contributed by atoms with Crippen LogP contribution in [0.15, 0.2) is 53.4 Å².